The number of aromatic hydroxyl groups is 1. The summed E-state index contributed by atoms with van der Waals surface area (Å²) in [6, 6.07) is 7.24. The Labute approximate surface area is 102 Å². The summed E-state index contributed by atoms with van der Waals surface area (Å²) >= 11 is 0. The van der Waals surface area contributed by atoms with Gasteiger partial charge in [-0.3, -0.25) is 0 Å². The zero-order valence-electron chi connectivity index (χ0n) is 9.44. The number of phenolic OH excluding ortho intramolecular Hbond substituents is 1. The number of carbonyl (C=O) groups is 1. The number of rotatable bonds is 3. The molecule has 1 rings (SSSR count). The van der Waals surface area contributed by atoms with Crippen LogP contribution in [-0.2, 0) is 11.2 Å². The predicted octanol–water partition coefficient (Wildman–Crippen LogP) is 1.92. The summed E-state index contributed by atoms with van der Waals surface area (Å²) in [6.45, 7) is 0.723. The van der Waals surface area contributed by atoms with Crippen molar-refractivity contribution in [3.05, 3.63) is 29.8 Å². The van der Waals surface area contributed by atoms with Gasteiger partial charge in [-0.25, -0.2) is 4.79 Å². The first-order valence-corrected chi connectivity index (χ1v) is 5.05. The quantitative estimate of drug-likeness (QED) is 0.779. The minimum absolute atomic E-state index is 0.321. The topological polar surface area (TPSA) is 83.5 Å². The molecule has 4 N–H and O–H groups in total. The average Bonchev–Trinajstić information content (AvgIpc) is 2.28. The second kappa shape index (κ2) is 7.54. The van der Waals surface area contributed by atoms with Gasteiger partial charge in [0.15, 0.2) is 0 Å². The molecule has 0 amide bonds. The molecular formula is C11H14F3NO3. The summed E-state index contributed by atoms with van der Waals surface area (Å²) in [5.41, 5.74) is 6.59. The van der Waals surface area contributed by atoms with E-state index in [0.717, 1.165) is 19.4 Å². The zero-order valence-corrected chi connectivity index (χ0v) is 9.44. The molecule has 7 heteroatoms. The number of nitrogens with two attached hydrogens (primary N) is 1. The van der Waals surface area contributed by atoms with E-state index < -0.39 is 12.1 Å². The second-order valence-corrected chi connectivity index (χ2v) is 3.36. The lowest BCUT2D eigenvalue weighted by Gasteiger charge is -1.98. The average molecular weight is 265 g/mol. The minimum atomic E-state index is -5.08. The number of benzene rings is 1. The molecule has 102 valence electrons. The molecule has 0 fully saturated rings. The molecular weight excluding hydrogens is 251 g/mol. The molecule has 0 atom stereocenters. The van der Waals surface area contributed by atoms with Gasteiger partial charge >= 0.3 is 12.1 Å². The Hall–Kier alpha value is -1.76. The van der Waals surface area contributed by atoms with Crippen LogP contribution < -0.4 is 5.73 Å². The lowest BCUT2D eigenvalue weighted by atomic mass is 10.1. The summed E-state index contributed by atoms with van der Waals surface area (Å²) < 4.78 is 31.7. The summed E-state index contributed by atoms with van der Waals surface area (Å²) in [7, 11) is 0. The molecule has 0 aliphatic rings. The van der Waals surface area contributed by atoms with Gasteiger partial charge in [-0.1, -0.05) is 12.1 Å². The van der Waals surface area contributed by atoms with E-state index in [4.69, 9.17) is 20.7 Å². The van der Waals surface area contributed by atoms with Crippen molar-refractivity contribution in [1.29, 1.82) is 0 Å². The molecule has 0 saturated heterocycles. The molecule has 1 aromatic rings. The highest BCUT2D eigenvalue weighted by atomic mass is 19.4. The van der Waals surface area contributed by atoms with Gasteiger partial charge in [0.1, 0.15) is 5.75 Å². The number of phenols is 1. The van der Waals surface area contributed by atoms with Gasteiger partial charge in [-0.15, -0.1) is 0 Å². The molecule has 0 aliphatic heterocycles. The fourth-order valence-electron chi connectivity index (χ4n) is 0.969. The summed E-state index contributed by atoms with van der Waals surface area (Å²) in [4.78, 5) is 8.90. The maximum Gasteiger partial charge on any atom is 0.490 e. The van der Waals surface area contributed by atoms with Crippen molar-refractivity contribution in [2.45, 2.75) is 19.0 Å². The Morgan fingerprint density at radius 1 is 1.22 bits per heavy atom. The smallest absolute Gasteiger partial charge is 0.490 e. The van der Waals surface area contributed by atoms with Gasteiger partial charge < -0.3 is 15.9 Å². The molecule has 0 radical (unpaired) electrons. The molecule has 1 aromatic carbocycles. The number of aliphatic carboxylic acids is 1. The Kier molecular flexibility index (Phi) is 6.81. The Bertz CT molecular complexity index is 363. The number of carboxylic acids is 1. The number of hydrogen-bond acceptors (Lipinski definition) is 3. The van der Waals surface area contributed by atoms with Crippen molar-refractivity contribution in [3.63, 3.8) is 0 Å². The van der Waals surface area contributed by atoms with E-state index in [9.17, 15) is 13.2 Å². The fraction of sp³-hybridized carbons (Fsp3) is 0.364. The SMILES string of the molecule is NCCCc1ccc(O)cc1.O=C(O)C(F)(F)F. The van der Waals surface area contributed by atoms with Crippen molar-refractivity contribution in [2.75, 3.05) is 6.54 Å². The van der Waals surface area contributed by atoms with Crippen molar-refractivity contribution in [2.24, 2.45) is 5.73 Å². The highest BCUT2D eigenvalue weighted by Gasteiger charge is 2.38. The molecule has 0 saturated carbocycles. The molecule has 0 unspecified atom stereocenters. The van der Waals surface area contributed by atoms with Crippen LogP contribution in [0.1, 0.15) is 12.0 Å². The van der Waals surface area contributed by atoms with E-state index in [-0.39, 0.29) is 0 Å². The van der Waals surface area contributed by atoms with Crippen LogP contribution in [0.15, 0.2) is 24.3 Å². The highest BCUT2D eigenvalue weighted by Crippen LogP contribution is 2.13. The van der Waals surface area contributed by atoms with Crippen LogP contribution in [0.4, 0.5) is 13.2 Å². The predicted molar refractivity (Wildman–Crippen MR) is 59.2 cm³/mol. The number of carboxylic acid groups (broad SMARTS) is 1. The molecule has 4 nitrogen and oxygen atoms in total. The fourth-order valence-corrected chi connectivity index (χ4v) is 0.969. The minimum Gasteiger partial charge on any atom is -0.508 e. The van der Waals surface area contributed by atoms with Gasteiger partial charge in [-0.2, -0.15) is 13.2 Å². The van der Waals surface area contributed by atoms with Crippen LogP contribution in [0, 0.1) is 0 Å². The summed E-state index contributed by atoms with van der Waals surface area (Å²) in [5, 5.41) is 16.1. The normalized spacial score (nSPS) is 10.4. The number of halogens is 3. The Balaban J connectivity index is 0.000000360. The summed E-state index contributed by atoms with van der Waals surface area (Å²) in [6.07, 6.45) is -3.08. The maximum absolute atomic E-state index is 10.6. The van der Waals surface area contributed by atoms with Gasteiger partial charge in [0.05, 0.1) is 0 Å². The van der Waals surface area contributed by atoms with E-state index in [0.29, 0.717) is 5.75 Å². The van der Waals surface area contributed by atoms with Crippen LogP contribution in [0.2, 0.25) is 0 Å². The van der Waals surface area contributed by atoms with Crippen molar-refractivity contribution < 1.29 is 28.2 Å². The first kappa shape index (κ1) is 16.2. The third kappa shape index (κ3) is 7.50. The van der Waals surface area contributed by atoms with Gasteiger partial charge in [-0.05, 0) is 37.1 Å². The maximum atomic E-state index is 10.6. The standard InChI is InChI=1S/C9H13NO.C2HF3O2/c10-7-1-2-8-3-5-9(11)6-4-8;3-2(4,5)1(6)7/h3-6,11H,1-2,7,10H2;(H,6,7). The zero-order chi connectivity index (χ0) is 14.2. The molecule has 0 bridgehead atoms. The molecule has 18 heavy (non-hydrogen) atoms. The van der Waals surface area contributed by atoms with Crippen molar-refractivity contribution in [3.8, 4) is 5.75 Å². The van der Waals surface area contributed by atoms with Crippen molar-refractivity contribution in [1.82, 2.24) is 0 Å². The first-order valence-electron chi connectivity index (χ1n) is 5.05. The number of hydrogen-bond donors (Lipinski definition) is 3. The number of alkyl halides is 3. The monoisotopic (exact) mass is 265 g/mol. The molecule has 0 aromatic heterocycles. The van der Waals surface area contributed by atoms with Crippen LogP contribution >= 0.6 is 0 Å². The second-order valence-electron chi connectivity index (χ2n) is 3.36. The number of aryl methyl sites for hydroxylation is 1. The summed E-state index contributed by atoms with van der Waals surface area (Å²) in [5.74, 6) is -2.44. The highest BCUT2D eigenvalue weighted by molar-refractivity contribution is 5.73. The van der Waals surface area contributed by atoms with Crippen LogP contribution in [0.25, 0.3) is 0 Å². The van der Waals surface area contributed by atoms with Gasteiger partial charge in [0.25, 0.3) is 0 Å². The van der Waals surface area contributed by atoms with E-state index in [1.807, 2.05) is 12.1 Å². The van der Waals surface area contributed by atoms with E-state index in [1.54, 1.807) is 12.1 Å². The van der Waals surface area contributed by atoms with E-state index >= 15 is 0 Å². The Morgan fingerprint density at radius 2 is 1.67 bits per heavy atom. The first-order chi connectivity index (χ1) is 8.27. The van der Waals surface area contributed by atoms with Gasteiger partial charge in [0, 0.05) is 0 Å². The molecule has 0 aliphatic carbocycles. The Morgan fingerprint density at radius 3 is 2.00 bits per heavy atom. The van der Waals surface area contributed by atoms with Crippen LogP contribution in [-0.4, -0.2) is 28.9 Å². The molecule has 0 heterocycles. The third-order valence-corrected chi connectivity index (χ3v) is 1.85. The van der Waals surface area contributed by atoms with Crippen LogP contribution in [0.5, 0.6) is 5.75 Å². The van der Waals surface area contributed by atoms with E-state index in [2.05, 4.69) is 0 Å². The lowest BCUT2D eigenvalue weighted by Crippen LogP contribution is -2.21. The molecule has 0 spiro atoms. The third-order valence-electron chi connectivity index (χ3n) is 1.85. The lowest BCUT2D eigenvalue weighted by molar-refractivity contribution is -0.192. The van der Waals surface area contributed by atoms with Crippen molar-refractivity contribution >= 4 is 5.97 Å². The van der Waals surface area contributed by atoms with Crippen LogP contribution in [0.3, 0.4) is 0 Å². The van der Waals surface area contributed by atoms with Gasteiger partial charge in [0.2, 0.25) is 0 Å². The largest absolute Gasteiger partial charge is 0.508 e. The van der Waals surface area contributed by atoms with E-state index in [1.165, 1.54) is 5.56 Å².